The van der Waals surface area contributed by atoms with Crippen LogP contribution >= 0.6 is 0 Å². The lowest BCUT2D eigenvalue weighted by Gasteiger charge is -2.28. The van der Waals surface area contributed by atoms with Crippen molar-refractivity contribution in [1.82, 2.24) is 5.32 Å². The van der Waals surface area contributed by atoms with E-state index in [2.05, 4.69) is 13.9 Å². The van der Waals surface area contributed by atoms with Crippen LogP contribution < -0.4 is 10.1 Å². The molecule has 1 N–H and O–H groups in total. The molecule has 0 saturated heterocycles. The van der Waals surface area contributed by atoms with Gasteiger partial charge in [-0.15, -0.1) is 0 Å². The van der Waals surface area contributed by atoms with E-state index in [9.17, 15) is 22.2 Å². The average Bonchev–Trinajstić information content (AvgIpc) is 2.73. The molecule has 1 amide bonds. The van der Waals surface area contributed by atoms with Crippen LogP contribution in [0, 0.1) is 6.92 Å². The first kappa shape index (κ1) is 25.7. The van der Waals surface area contributed by atoms with Gasteiger partial charge in [-0.3, -0.25) is 4.79 Å². The largest absolute Gasteiger partial charge is 0.484 e. The molecule has 0 spiro atoms. The summed E-state index contributed by atoms with van der Waals surface area (Å²) >= 11 is 0. The van der Waals surface area contributed by atoms with Gasteiger partial charge < -0.3 is 22.8 Å². The average molecular weight is 472 g/mol. The maximum absolute atomic E-state index is 13.1. The van der Waals surface area contributed by atoms with Gasteiger partial charge >= 0.3 is 6.18 Å². The van der Waals surface area contributed by atoms with Gasteiger partial charge in [0, 0.05) is 12.8 Å². The molecule has 0 unspecified atom stereocenters. The van der Waals surface area contributed by atoms with Gasteiger partial charge in [-0.05, 0) is 62.6 Å². The number of nitrogens with zero attached hydrogens (tertiary/aromatic N) is 1. The van der Waals surface area contributed by atoms with Crippen LogP contribution in [-0.2, 0) is 29.5 Å². The molecule has 0 radical (unpaired) electrons. The highest BCUT2D eigenvalue weighted by Gasteiger charge is 2.48. The topological polar surface area (TPSA) is 77.0 Å². The third kappa shape index (κ3) is 6.46. The van der Waals surface area contributed by atoms with E-state index < -0.39 is 22.5 Å². The van der Waals surface area contributed by atoms with Crippen molar-refractivity contribution in [3.8, 4) is 5.75 Å². The normalized spacial score (nSPS) is 14.1. The Hall–Kier alpha value is -2.59. The molecule has 2 rings (SSSR count). The predicted molar refractivity (Wildman–Crippen MR) is 116 cm³/mol. The third-order valence-electron chi connectivity index (χ3n) is 5.07. The number of benzene rings is 2. The summed E-state index contributed by atoms with van der Waals surface area (Å²) in [5.41, 5.74) is 0.227. The van der Waals surface area contributed by atoms with Crippen LogP contribution in [0.5, 0.6) is 5.75 Å². The second kappa shape index (κ2) is 10.4. The first-order valence-corrected chi connectivity index (χ1v) is 10.8. The first-order valence-electron chi connectivity index (χ1n) is 9.73. The summed E-state index contributed by atoms with van der Waals surface area (Å²) in [6.07, 6.45) is -4.38. The summed E-state index contributed by atoms with van der Waals surface area (Å²) in [5, 5.41) is 2.79. The van der Waals surface area contributed by atoms with Crippen LogP contribution in [0.4, 0.5) is 18.9 Å². The molecule has 0 saturated carbocycles. The molecule has 10 heteroatoms. The van der Waals surface area contributed by atoms with Gasteiger partial charge in [0.2, 0.25) is 0 Å². The summed E-state index contributed by atoms with van der Waals surface area (Å²) in [6.45, 7) is 5.53. The highest BCUT2D eigenvalue weighted by molar-refractivity contribution is 7.69. The van der Waals surface area contributed by atoms with E-state index in [-0.39, 0.29) is 24.1 Å². The Kier molecular flexibility index (Phi) is 8.30. The monoisotopic (exact) mass is 471 g/mol. The van der Waals surface area contributed by atoms with E-state index in [0.29, 0.717) is 11.4 Å². The van der Waals surface area contributed by atoms with Crippen LogP contribution in [-0.4, -0.2) is 25.8 Å². The van der Waals surface area contributed by atoms with E-state index in [1.165, 1.54) is 31.4 Å². The van der Waals surface area contributed by atoms with Gasteiger partial charge in [-0.25, -0.2) is 0 Å². The summed E-state index contributed by atoms with van der Waals surface area (Å²) in [4.78, 5) is 12.2. The number of carbonyl (C=O) groups excluding carboxylic acids is 1. The minimum absolute atomic E-state index is 0.107. The number of hydrogen-bond donors (Lipinski definition) is 1. The number of hydrogen-bond acceptors (Lipinski definition) is 6. The zero-order valence-corrected chi connectivity index (χ0v) is 19.3. The van der Waals surface area contributed by atoms with Gasteiger partial charge in [0.15, 0.2) is 6.61 Å². The van der Waals surface area contributed by atoms with Crippen molar-refractivity contribution in [3.63, 3.8) is 0 Å². The summed E-state index contributed by atoms with van der Waals surface area (Å²) in [6, 6.07) is 10.4. The molecule has 2 aromatic rings. The van der Waals surface area contributed by atoms with Crippen molar-refractivity contribution >= 4 is 22.5 Å². The molecule has 2 aromatic carbocycles. The molecule has 32 heavy (non-hydrogen) atoms. The quantitative estimate of drug-likeness (QED) is 0.521. The Balaban J connectivity index is 1.96. The zero-order valence-electron chi connectivity index (χ0n) is 18.4. The fraction of sp³-hybridized carbons (Fsp3) is 0.409. The lowest BCUT2D eigenvalue weighted by atomic mass is 9.84. The van der Waals surface area contributed by atoms with Crippen molar-refractivity contribution in [3.05, 3.63) is 59.2 Å². The highest BCUT2D eigenvalue weighted by Crippen LogP contribution is 2.40. The van der Waals surface area contributed by atoms with E-state index in [1.54, 1.807) is 26.0 Å². The Labute approximate surface area is 187 Å². The minimum Gasteiger partial charge on any atom is -0.484 e. The van der Waals surface area contributed by atoms with Gasteiger partial charge in [0.25, 0.3) is 5.91 Å². The molecule has 1 atom stereocenters. The molecule has 0 aliphatic heterocycles. The second-order valence-corrected chi connectivity index (χ2v) is 8.70. The Bertz CT molecular complexity index is 1030. The molecule has 176 valence electrons. The second-order valence-electron chi connectivity index (χ2n) is 7.75. The Morgan fingerprint density at radius 3 is 2.31 bits per heavy atom. The predicted octanol–water partition coefficient (Wildman–Crippen LogP) is 5.43. The van der Waals surface area contributed by atoms with Crippen LogP contribution in [0.2, 0.25) is 0 Å². The standard InChI is InChI=1S/C22H26F3N2O4S/c1-14-12-16(6-11-19(14)27-32(29)30-5)15(2)26-20(28)13-31-18-9-7-17(8-10-18)21(3,4)22(23,24)25/h6-12,15H,13H2,1-5H3,(H,26,28)/q-1/t15-/m1/s1. The lowest BCUT2D eigenvalue weighted by molar-refractivity contribution is -0.180. The van der Waals surface area contributed by atoms with E-state index in [0.717, 1.165) is 25.0 Å². The van der Waals surface area contributed by atoms with Crippen LogP contribution in [0.1, 0.15) is 43.5 Å². The molecule has 0 aliphatic rings. The van der Waals surface area contributed by atoms with E-state index in [4.69, 9.17) is 4.74 Å². The fourth-order valence-corrected chi connectivity index (χ4v) is 3.25. The smallest absolute Gasteiger partial charge is 0.397 e. The van der Waals surface area contributed by atoms with Crippen molar-refractivity contribution in [2.24, 2.45) is 4.36 Å². The Morgan fingerprint density at radius 2 is 1.78 bits per heavy atom. The first-order chi connectivity index (χ1) is 14.8. The van der Waals surface area contributed by atoms with E-state index in [1.807, 2.05) is 6.07 Å². The molecule has 0 bridgehead atoms. The summed E-state index contributed by atoms with van der Waals surface area (Å²) < 4.78 is 64.8. The molecule has 0 fully saturated rings. The van der Waals surface area contributed by atoms with Crippen molar-refractivity contribution in [2.45, 2.75) is 45.3 Å². The number of nitrogens with one attached hydrogen (secondary N) is 1. The molecule has 0 aromatic heterocycles. The number of aryl methyl sites for hydroxylation is 1. The lowest BCUT2D eigenvalue weighted by Crippen LogP contribution is -2.36. The molecular weight excluding hydrogens is 445 g/mol. The van der Waals surface area contributed by atoms with Crippen molar-refractivity contribution in [1.29, 1.82) is 0 Å². The molecular formula is C22H26F3N2O4S-. The number of ether oxygens (including phenoxy) is 1. The number of halogens is 3. The third-order valence-corrected chi connectivity index (χ3v) is 5.70. The molecule has 6 nitrogen and oxygen atoms in total. The zero-order chi connectivity index (χ0) is 24.1. The van der Waals surface area contributed by atoms with Crippen LogP contribution in [0.25, 0.3) is 0 Å². The number of carbonyl (C=O) groups is 1. The van der Waals surface area contributed by atoms with Gasteiger partial charge in [0.1, 0.15) is 5.75 Å². The van der Waals surface area contributed by atoms with Crippen molar-refractivity contribution < 1.29 is 31.1 Å². The van der Waals surface area contributed by atoms with Gasteiger partial charge in [-0.2, -0.15) is 13.2 Å². The maximum Gasteiger partial charge on any atom is 0.397 e. The minimum atomic E-state index is -4.38. The van der Waals surface area contributed by atoms with E-state index >= 15 is 0 Å². The summed E-state index contributed by atoms with van der Waals surface area (Å²) in [5.74, 6) is -0.0911. The Morgan fingerprint density at radius 1 is 1.16 bits per heavy atom. The fourth-order valence-electron chi connectivity index (χ4n) is 2.81. The van der Waals surface area contributed by atoms with Crippen LogP contribution in [0.15, 0.2) is 46.8 Å². The molecule has 0 aliphatic carbocycles. The van der Waals surface area contributed by atoms with Gasteiger partial charge in [-0.1, -0.05) is 35.1 Å². The SMILES string of the molecule is CO[S-](=O)=Nc1ccc([C@@H](C)NC(=O)COc2ccc(C(C)(C)C(F)(F)F)cc2)cc1C. The maximum atomic E-state index is 13.1. The van der Waals surface area contributed by atoms with Crippen LogP contribution in [0.3, 0.4) is 0 Å². The number of alkyl halides is 3. The highest BCUT2D eigenvalue weighted by atomic mass is 32.2. The van der Waals surface area contributed by atoms with Crippen molar-refractivity contribution in [2.75, 3.05) is 13.7 Å². The number of rotatable bonds is 8. The molecule has 0 heterocycles. The van der Waals surface area contributed by atoms with Gasteiger partial charge in [0.05, 0.1) is 11.5 Å². The summed E-state index contributed by atoms with van der Waals surface area (Å²) in [7, 11) is -0.471. The number of amides is 1.